The van der Waals surface area contributed by atoms with Gasteiger partial charge in [0.1, 0.15) is 0 Å². The first-order chi connectivity index (χ1) is 17.0. The van der Waals surface area contributed by atoms with Gasteiger partial charge in [-0.1, -0.05) is 6.07 Å². The average Bonchev–Trinajstić information content (AvgIpc) is 2.77. The molecule has 1 aliphatic heterocycles. The molecule has 2 aromatic carbocycles. The second-order valence-corrected chi connectivity index (χ2v) is 10.2. The first kappa shape index (κ1) is 29.3. The van der Waals surface area contributed by atoms with Gasteiger partial charge in [0.25, 0.3) is 10.1 Å². The summed E-state index contributed by atoms with van der Waals surface area (Å²) in [6, 6.07) is 3.85. The van der Waals surface area contributed by atoms with Gasteiger partial charge in [-0.25, -0.2) is 8.78 Å². The van der Waals surface area contributed by atoms with Gasteiger partial charge < -0.3 is 9.47 Å². The van der Waals surface area contributed by atoms with Crippen LogP contribution in [0.4, 0.5) is 35.1 Å². The smallest absolute Gasteiger partial charge is 0.352 e. The quantitative estimate of drug-likeness (QED) is 0.297. The van der Waals surface area contributed by atoms with E-state index in [1.807, 2.05) is 0 Å². The molecule has 0 amide bonds. The van der Waals surface area contributed by atoms with Crippen molar-refractivity contribution in [2.75, 3.05) is 19.5 Å². The molecule has 0 bridgehead atoms. The van der Waals surface area contributed by atoms with Gasteiger partial charge in [-0.05, 0) is 60.7 Å². The lowest BCUT2D eigenvalue weighted by molar-refractivity contribution is -0.211. The summed E-state index contributed by atoms with van der Waals surface area (Å²) in [4.78, 5) is 0. The van der Waals surface area contributed by atoms with Gasteiger partial charge in [-0.2, -0.15) is 34.8 Å². The van der Waals surface area contributed by atoms with E-state index in [1.54, 1.807) is 0 Å². The Hall–Kier alpha value is -2.29. The minimum absolute atomic E-state index is 0.0179. The lowest BCUT2D eigenvalue weighted by Gasteiger charge is -2.39. The summed E-state index contributed by atoms with van der Waals surface area (Å²) in [5.74, 6) is -4.09. The van der Waals surface area contributed by atoms with E-state index in [-0.39, 0.29) is 24.7 Å². The van der Waals surface area contributed by atoms with E-state index in [1.165, 1.54) is 13.0 Å². The zero-order chi connectivity index (χ0) is 27.8. The number of hydrogen-bond donors (Lipinski definition) is 0. The van der Waals surface area contributed by atoms with E-state index in [2.05, 4.69) is 0 Å². The summed E-state index contributed by atoms with van der Waals surface area (Å²) in [5.41, 5.74) is -3.41. The average molecular weight is 562 g/mol. The van der Waals surface area contributed by atoms with Crippen LogP contribution in [0.5, 0.6) is 0 Å². The summed E-state index contributed by atoms with van der Waals surface area (Å²) >= 11 is 0. The largest absolute Gasteiger partial charge is 0.416 e. The van der Waals surface area contributed by atoms with Crippen LogP contribution in [0.1, 0.15) is 47.6 Å². The fourth-order valence-corrected chi connectivity index (χ4v) is 4.43. The monoisotopic (exact) mass is 562 g/mol. The standard InChI is InChI=1S/C23H22F8O5S/c1-12(15-7-16(22(26,27)28)10-17(8-15)23(29,30)31)36-21-20(13-3-4-18(24)19(25)9-13)14(5-6-34-21)11-35-37(2,32)33/h3-4,7-10,12,14,20-21H,5-6,11H2,1-2H3/t12-,14+,20+,21-/m1/s1. The molecule has 2 aromatic rings. The molecule has 0 N–H and O–H groups in total. The number of alkyl halides is 6. The first-order valence-corrected chi connectivity index (χ1v) is 12.6. The minimum Gasteiger partial charge on any atom is -0.352 e. The van der Waals surface area contributed by atoms with E-state index in [0.29, 0.717) is 12.1 Å². The molecule has 3 rings (SSSR count). The second kappa shape index (κ2) is 10.8. The molecular formula is C23H22F8O5S. The van der Waals surface area contributed by atoms with Crippen molar-refractivity contribution in [3.8, 4) is 0 Å². The van der Waals surface area contributed by atoms with E-state index in [9.17, 15) is 43.5 Å². The van der Waals surface area contributed by atoms with Crippen LogP contribution in [-0.2, 0) is 36.1 Å². The zero-order valence-corrected chi connectivity index (χ0v) is 20.2. The van der Waals surface area contributed by atoms with Gasteiger partial charge >= 0.3 is 12.4 Å². The number of hydrogen-bond acceptors (Lipinski definition) is 5. The molecule has 1 fully saturated rings. The van der Waals surface area contributed by atoms with E-state index >= 15 is 0 Å². The SMILES string of the molecule is C[C@@H](O[C@H]1OCC[C@@H](COS(C)(=O)=O)[C@@H]1c1ccc(F)c(F)c1)c1cc(C(F)(F)F)cc(C(F)(F)F)c1. The fourth-order valence-electron chi connectivity index (χ4n) is 4.01. The zero-order valence-electron chi connectivity index (χ0n) is 19.4. The van der Waals surface area contributed by atoms with Crippen molar-refractivity contribution in [2.24, 2.45) is 5.92 Å². The predicted octanol–water partition coefficient (Wildman–Crippen LogP) is 6.20. The predicted molar refractivity (Wildman–Crippen MR) is 114 cm³/mol. The molecule has 1 heterocycles. The van der Waals surface area contributed by atoms with Crippen molar-refractivity contribution in [1.82, 2.24) is 0 Å². The molecule has 0 spiro atoms. The highest BCUT2D eigenvalue weighted by Crippen LogP contribution is 2.42. The third kappa shape index (κ3) is 7.62. The molecule has 1 aliphatic rings. The van der Waals surface area contributed by atoms with Gasteiger partial charge in [-0.3, -0.25) is 4.18 Å². The summed E-state index contributed by atoms with van der Waals surface area (Å²) in [6.45, 7) is 0.769. The normalized spacial score (nSPS) is 22.2. The summed E-state index contributed by atoms with van der Waals surface area (Å²) in [7, 11) is -3.89. The highest BCUT2D eigenvalue weighted by Gasteiger charge is 2.40. The lowest BCUT2D eigenvalue weighted by atomic mass is 9.82. The maximum Gasteiger partial charge on any atom is 0.416 e. The van der Waals surface area contributed by atoms with Crippen molar-refractivity contribution < 1.29 is 57.2 Å². The molecule has 37 heavy (non-hydrogen) atoms. The molecule has 0 aliphatic carbocycles. The summed E-state index contributed by atoms with van der Waals surface area (Å²) in [6.07, 6.45) is -11.9. The molecule has 0 aromatic heterocycles. The van der Waals surface area contributed by atoms with Crippen molar-refractivity contribution >= 4 is 10.1 Å². The first-order valence-electron chi connectivity index (χ1n) is 10.8. The molecule has 0 saturated carbocycles. The topological polar surface area (TPSA) is 61.8 Å². The van der Waals surface area contributed by atoms with Crippen LogP contribution in [0.15, 0.2) is 36.4 Å². The molecule has 1 saturated heterocycles. The van der Waals surface area contributed by atoms with Crippen LogP contribution in [0, 0.1) is 17.6 Å². The molecule has 4 atom stereocenters. The minimum atomic E-state index is -5.07. The Bertz CT molecular complexity index is 1180. The van der Waals surface area contributed by atoms with Gasteiger partial charge in [0.05, 0.1) is 36.7 Å². The van der Waals surface area contributed by atoms with Crippen LogP contribution in [0.2, 0.25) is 0 Å². The highest BCUT2D eigenvalue weighted by molar-refractivity contribution is 7.85. The van der Waals surface area contributed by atoms with Crippen LogP contribution >= 0.6 is 0 Å². The van der Waals surface area contributed by atoms with Crippen LogP contribution in [0.3, 0.4) is 0 Å². The molecular weight excluding hydrogens is 540 g/mol. The number of halogens is 8. The Morgan fingerprint density at radius 2 is 1.57 bits per heavy atom. The Kier molecular flexibility index (Phi) is 8.57. The van der Waals surface area contributed by atoms with Crippen LogP contribution < -0.4 is 0 Å². The Balaban J connectivity index is 1.98. The second-order valence-electron chi connectivity index (χ2n) is 8.59. The molecule has 0 unspecified atom stereocenters. The Morgan fingerprint density at radius 3 is 2.08 bits per heavy atom. The van der Waals surface area contributed by atoms with Gasteiger partial charge in [0, 0.05) is 5.92 Å². The Labute approximate surface area is 207 Å². The molecule has 206 valence electrons. The van der Waals surface area contributed by atoms with Gasteiger partial charge in [-0.15, -0.1) is 0 Å². The van der Waals surface area contributed by atoms with Crippen molar-refractivity contribution in [3.05, 3.63) is 70.3 Å². The third-order valence-electron chi connectivity index (χ3n) is 5.81. The van der Waals surface area contributed by atoms with E-state index < -0.39 is 81.6 Å². The van der Waals surface area contributed by atoms with Crippen molar-refractivity contribution in [2.45, 2.75) is 44.0 Å². The van der Waals surface area contributed by atoms with Crippen LogP contribution in [-0.4, -0.2) is 34.2 Å². The van der Waals surface area contributed by atoms with Crippen molar-refractivity contribution in [1.29, 1.82) is 0 Å². The third-order valence-corrected chi connectivity index (χ3v) is 6.38. The molecule has 14 heteroatoms. The molecule has 5 nitrogen and oxygen atoms in total. The van der Waals surface area contributed by atoms with Gasteiger partial charge in [0.15, 0.2) is 17.9 Å². The summed E-state index contributed by atoms with van der Waals surface area (Å²) < 4.78 is 146. The number of ether oxygens (including phenoxy) is 2. The lowest BCUT2D eigenvalue weighted by Crippen LogP contribution is -2.39. The number of benzene rings is 2. The van der Waals surface area contributed by atoms with Gasteiger partial charge in [0.2, 0.25) is 0 Å². The van der Waals surface area contributed by atoms with Crippen LogP contribution in [0.25, 0.3) is 0 Å². The van der Waals surface area contributed by atoms with E-state index in [0.717, 1.165) is 18.4 Å². The maximum absolute atomic E-state index is 14.0. The fraction of sp³-hybridized carbons (Fsp3) is 0.478. The van der Waals surface area contributed by atoms with Crippen molar-refractivity contribution in [3.63, 3.8) is 0 Å². The van der Waals surface area contributed by atoms with E-state index in [4.69, 9.17) is 13.7 Å². The summed E-state index contributed by atoms with van der Waals surface area (Å²) in [5, 5.41) is 0. The Morgan fingerprint density at radius 1 is 0.973 bits per heavy atom. The molecule has 0 radical (unpaired) electrons. The maximum atomic E-state index is 14.0. The number of rotatable bonds is 7. The highest BCUT2D eigenvalue weighted by atomic mass is 32.2.